The van der Waals surface area contributed by atoms with Gasteiger partial charge < -0.3 is 20.1 Å². The summed E-state index contributed by atoms with van der Waals surface area (Å²) in [5.41, 5.74) is 2.99. The fraction of sp³-hybridized carbons (Fsp3) is 0.190. The number of anilines is 4. The molecule has 0 saturated carbocycles. The molecule has 9 nitrogen and oxygen atoms in total. The average Bonchev–Trinajstić information content (AvgIpc) is 2.77. The number of aromatic nitrogens is 4. The Kier molecular flexibility index (Phi) is 6.53. The number of benzene rings is 1. The average molecular weight is 406 g/mol. The van der Waals surface area contributed by atoms with Crippen molar-refractivity contribution in [2.45, 2.75) is 13.3 Å². The van der Waals surface area contributed by atoms with Crippen molar-refractivity contribution in [3.05, 3.63) is 60.4 Å². The van der Waals surface area contributed by atoms with E-state index in [1.807, 2.05) is 25.1 Å². The molecular weight excluding hydrogens is 384 g/mol. The number of allylic oxidation sites excluding steroid dienone is 1. The third kappa shape index (κ3) is 5.07. The molecule has 0 saturated heterocycles. The number of hydrogen-bond acceptors (Lipinski definition) is 9. The molecule has 9 heteroatoms. The van der Waals surface area contributed by atoms with Gasteiger partial charge in [-0.3, -0.25) is 4.79 Å². The Morgan fingerprint density at radius 3 is 2.73 bits per heavy atom. The molecule has 30 heavy (non-hydrogen) atoms. The normalized spacial score (nSPS) is 10.2. The summed E-state index contributed by atoms with van der Waals surface area (Å²) in [5.74, 6) is 1.91. The summed E-state index contributed by atoms with van der Waals surface area (Å²) in [6.45, 7) is 5.43. The second-order valence-electron chi connectivity index (χ2n) is 6.33. The first-order chi connectivity index (χ1) is 14.5. The van der Waals surface area contributed by atoms with Crippen molar-refractivity contribution < 1.29 is 14.3 Å². The number of hydrogen-bond donors (Lipinski definition) is 2. The number of carbonyl (C=O) groups is 1. The molecule has 0 aliphatic carbocycles. The van der Waals surface area contributed by atoms with E-state index in [1.54, 1.807) is 25.6 Å². The van der Waals surface area contributed by atoms with Gasteiger partial charge in [-0.05, 0) is 36.8 Å². The van der Waals surface area contributed by atoms with E-state index in [0.717, 1.165) is 16.8 Å². The summed E-state index contributed by atoms with van der Waals surface area (Å²) in [7, 11) is 3.10. The van der Waals surface area contributed by atoms with Crippen LogP contribution in [-0.4, -0.2) is 40.2 Å². The SMILES string of the molecule is C=CC(=O)Cc1cc(OC)ccc1Nc1nc(Nc2cnnc(OC)c2)ncc1C. The molecule has 2 N–H and O–H groups in total. The zero-order valence-corrected chi connectivity index (χ0v) is 17.0. The highest BCUT2D eigenvalue weighted by Crippen LogP contribution is 2.27. The van der Waals surface area contributed by atoms with E-state index >= 15 is 0 Å². The van der Waals surface area contributed by atoms with Crippen LogP contribution in [0.3, 0.4) is 0 Å². The summed E-state index contributed by atoms with van der Waals surface area (Å²) in [4.78, 5) is 20.8. The van der Waals surface area contributed by atoms with Crippen LogP contribution in [0.2, 0.25) is 0 Å². The maximum Gasteiger partial charge on any atom is 0.235 e. The van der Waals surface area contributed by atoms with Crippen LogP contribution in [0, 0.1) is 6.92 Å². The lowest BCUT2D eigenvalue weighted by Gasteiger charge is -2.15. The maximum absolute atomic E-state index is 11.9. The van der Waals surface area contributed by atoms with Crippen molar-refractivity contribution in [1.82, 2.24) is 20.2 Å². The van der Waals surface area contributed by atoms with Crippen LogP contribution in [0.4, 0.5) is 23.1 Å². The van der Waals surface area contributed by atoms with Gasteiger partial charge in [0, 0.05) is 29.9 Å². The summed E-state index contributed by atoms with van der Waals surface area (Å²) in [6, 6.07) is 7.16. The Balaban J connectivity index is 1.88. The molecule has 0 fully saturated rings. The van der Waals surface area contributed by atoms with Crippen molar-refractivity contribution in [3.63, 3.8) is 0 Å². The molecule has 0 bridgehead atoms. The molecule has 3 aromatic rings. The second-order valence-corrected chi connectivity index (χ2v) is 6.33. The highest BCUT2D eigenvalue weighted by Gasteiger charge is 2.11. The lowest BCUT2D eigenvalue weighted by atomic mass is 10.1. The van der Waals surface area contributed by atoms with Gasteiger partial charge in [0.25, 0.3) is 0 Å². The fourth-order valence-corrected chi connectivity index (χ4v) is 2.63. The van der Waals surface area contributed by atoms with Gasteiger partial charge in [-0.2, -0.15) is 10.1 Å². The van der Waals surface area contributed by atoms with E-state index in [1.165, 1.54) is 13.2 Å². The van der Waals surface area contributed by atoms with Crippen LogP contribution in [0.1, 0.15) is 11.1 Å². The Morgan fingerprint density at radius 1 is 1.17 bits per heavy atom. The molecule has 0 spiro atoms. The van der Waals surface area contributed by atoms with Crippen LogP contribution in [0.15, 0.2) is 49.3 Å². The zero-order chi connectivity index (χ0) is 21.5. The topological polar surface area (TPSA) is 111 Å². The van der Waals surface area contributed by atoms with E-state index in [2.05, 4.69) is 37.4 Å². The molecule has 0 aliphatic rings. The third-order valence-corrected chi connectivity index (χ3v) is 4.23. The number of aryl methyl sites for hydroxylation is 1. The summed E-state index contributed by atoms with van der Waals surface area (Å²) in [5, 5.41) is 14.1. The Bertz CT molecular complexity index is 1070. The van der Waals surface area contributed by atoms with Crippen LogP contribution in [0.5, 0.6) is 11.6 Å². The van der Waals surface area contributed by atoms with Gasteiger partial charge >= 0.3 is 0 Å². The van der Waals surface area contributed by atoms with Gasteiger partial charge in [-0.15, -0.1) is 5.10 Å². The Morgan fingerprint density at radius 2 is 2.00 bits per heavy atom. The van der Waals surface area contributed by atoms with E-state index < -0.39 is 0 Å². The van der Waals surface area contributed by atoms with Crippen molar-refractivity contribution in [1.29, 1.82) is 0 Å². The van der Waals surface area contributed by atoms with Gasteiger partial charge in [0.1, 0.15) is 11.6 Å². The largest absolute Gasteiger partial charge is 0.497 e. The first-order valence-electron chi connectivity index (χ1n) is 9.09. The Labute approximate surface area is 174 Å². The van der Waals surface area contributed by atoms with Gasteiger partial charge in [0.15, 0.2) is 5.78 Å². The summed E-state index contributed by atoms with van der Waals surface area (Å²) < 4.78 is 10.4. The number of ketones is 1. The minimum atomic E-state index is -0.0906. The maximum atomic E-state index is 11.9. The van der Waals surface area contributed by atoms with Crippen LogP contribution in [-0.2, 0) is 11.2 Å². The van der Waals surface area contributed by atoms with E-state index in [0.29, 0.717) is 29.1 Å². The lowest BCUT2D eigenvalue weighted by molar-refractivity contribution is -0.114. The molecule has 154 valence electrons. The van der Waals surface area contributed by atoms with Gasteiger partial charge in [-0.25, -0.2) is 4.98 Å². The van der Waals surface area contributed by atoms with Crippen molar-refractivity contribution in [2.24, 2.45) is 0 Å². The third-order valence-electron chi connectivity index (χ3n) is 4.23. The smallest absolute Gasteiger partial charge is 0.235 e. The van der Waals surface area contributed by atoms with Gasteiger partial charge in [0.05, 0.1) is 26.1 Å². The summed E-state index contributed by atoms with van der Waals surface area (Å²) in [6.07, 6.45) is 4.74. The van der Waals surface area contributed by atoms with Crippen molar-refractivity contribution >= 4 is 28.9 Å². The summed E-state index contributed by atoms with van der Waals surface area (Å²) >= 11 is 0. The van der Waals surface area contributed by atoms with E-state index in [-0.39, 0.29) is 12.2 Å². The molecule has 2 heterocycles. The monoisotopic (exact) mass is 406 g/mol. The van der Waals surface area contributed by atoms with Gasteiger partial charge in [0.2, 0.25) is 11.8 Å². The molecule has 1 aromatic carbocycles. The molecule has 0 aliphatic heterocycles. The number of ether oxygens (including phenoxy) is 2. The standard InChI is InChI=1S/C21H22N6O3/c1-5-16(28)8-14-9-17(29-3)6-7-18(14)25-20-13(2)11-22-21(26-20)24-15-10-19(30-4)27-23-12-15/h5-7,9-12H,1,8H2,2-4H3,(H2,22,24,25,26,27). The van der Waals surface area contributed by atoms with Crippen molar-refractivity contribution in [3.8, 4) is 11.6 Å². The molecule has 0 unspecified atom stereocenters. The predicted molar refractivity (Wildman–Crippen MR) is 114 cm³/mol. The van der Waals surface area contributed by atoms with E-state index in [4.69, 9.17) is 9.47 Å². The van der Waals surface area contributed by atoms with Crippen LogP contribution < -0.4 is 20.1 Å². The Hall–Kier alpha value is -4.01. The predicted octanol–water partition coefficient (Wildman–Crippen LogP) is 3.38. The number of methoxy groups -OCH3 is 2. The highest BCUT2D eigenvalue weighted by atomic mass is 16.5. The molecule has 3 rings (SSSR count). The second kappa shape index (κ2) is 9.46. The number of rotatable bonds is 9. The van der Waals surface area contributed by atoms with Crippen molar-refractivity contribution in [2.75, 3.05) is 24.9 Å². The minimum Gasteiger partial charge on any atom is -0.497 e. The quantitative estimate of drug-likeness (QED) is 0.517. The number of nitrogens with one attached hydrogen (secondary N) is 2. The highest BCUT2D eigenvalue weighted by molar-refractivity contribution is 5.92. The first kappa shape index (κ1) is 20.7. The first-order valence-corrected chi connectivity index (χ1v) is 9.09. The minimum absolute atomic E-state index is 0.0906. The fourth-order valence-electron chi connectivity index (χ4n) is 2.63. The molecule has 0 radical (unpaired) electrons. The van der Waals surface area contributed by atoms with Crippen LogP contribution >= 0.6 is 0 Å². The number of carbonyl (C=O) groups excluding carboxylic acids is 1. The molecular formula is C21H22N6O3. The number of nitrogens with zero attached hydrogens (tertiary/aromatic N) is 4. The zero-order valence-electron chi connectivity index (χ0n) is 17.0. The van der Waals surface area contributed by atoms with Gasteiger partial charge in [-0.1, -0.05) is 6.58 Å². The lowest BCUT2D eigenvalue weighted by Crippen LogP contribution is -2.06. The molecule has 0 atom stereocenters. The molecule has 0 amide bonds. The van der Waals surface area contributed by atoms with E-state index in [9.17, 15) is 4.79 Å². The molecule has 2 aromatic heterocycles. The van der Waals surface area contributed by atoms with Crippen LogP contribution in [0.25, 0.3) is 0 Å².